The molecule has 1 aromatic heterocycles. The molecule has 0 aliphatic carbocycles. The first-order valence-electron chi connectivity index (χ1n) is 7.79. The predicted octanol–water partition coefficient (Wildman–Crippen LogP) is 4.06. The lowest BCUT2D eigenvalue weighted by molar-refractivity contribution is -0.136. The van der Waals surface area contributed by atoms with Crippen molar-refractivity contribution in [2.24, 2.45) is 11.8 Å². The van der Waals surface area contributed by atoms with Crippen molar-refractivity contribution in [3.05, 3.63) is 11.1 Å². The molecule has 0 atom stereocenters. The molecule has 1 heterocycles. The fourth-order valence-corrected chi connectivity index (χ4v) is 2.84. The van der Waals surface area contributed by atoms with E-state index in [0.717, 1.165) is 36.8 Å². The molecule has 0 bridgehead atoms. The van der Waals surface area contributed by atoms with E-state index in [1.54, 1.807) is 11.3 Å². The second-order valence-corrected chi connectivity index (χ2v) is 7.20. The van der Waals surface area contributed by atoms with Crippen LogP contribution in [0.15, 0.2) is 5.38 Å². The Hall–Kier alpha value is -1.10. The van der Waals surface area contributed by atoms with Crippen molar-refractivity contribution < 1.29 is 9.90 Å². The van der Waals surface area contributed by atoms with Gasteiger partial charge in [0.25, 0.3) is 0 Å². The van der Waals surface area contributed by atoms with Crippen molar-refractivity contribution in [3.63, 3.8) is 0 Å². The zero-order valence-corrected chi connectivity index (χ0v) is 14.4. The normalized spacial score (nSPS) is 11.3. The van der Waals surface area contributed by atoms with Gasteiger partial charge in [0.15, 0.2) is 5.13 Å². The maximum absolute atomic E-state index is 10.6. The molecule has 5 heteroatoms. The SMILES string of the molecule is CC(C)CCN(CCC(C)C)c1nc(CCC(=O)O)cs1. The fourth-order valence-electron chi connectivity index (χ4n) is 1.92. The maximum atomic E-state index is 10.6. The van der Waals surface area contributed by atoms with E-state index in [2.05, 4.69) is 37.6 Å². The third-order valence-electron chi connectivity index (χ3n) is 3.36. The van der Waals surface area contributed by atoms with Crippen molar-refractivity contribution in [2.45, 2.75) is 53.4 Å². The second kappa shape index (κ2) is 9.03. The van der Waals surface area contributed by atoms with Crippen molar-refractivity contribution in [2.75, 3.05) is 18.0 Å². The van der Waals surface area contributed by atoms with Gasteiger partial charge in [0.2, 0.25) is 0 Å². The molecule has 1 N–H and O–H groups in total. The minimum Gasteiger partial charge on any atom is -0.481 e. The third-order valence-corrected chi connectivity index (χ3v) is 4.31. The minimum absolute atomic E-state index is 0.154. The molecule has 0 aliphatic heterocycles. The van der Waals surface area contributed by atoms with Gasteiger partial charge in [-0.15, -0.1) is 11.3 Å². The van der Waals surface area contributed by atoms with Gasteiger partial charge in [0.05, 0.1) is 12.1 Å². The Labute approximate surface area is 132 Å². The number of aryl methyl sites for hydroxylation is 1. The van der Waals surface area contributed by atoms with Crippen LogP contribution in [0.1, 0.15) is 52.7 Å². The molecule has 0 fully saturated rings. The highest BCUT2D eigenvalue weighted by atomic mass is 32.1. The third kappa shape index (κ3) is 7.46. The highest BCUT2D eigenvalue weighted by Crippen LogP contribution is 2.23. The fraction of sp³-hybridized carbons (Fsp3) is 0.750. The molecule has 1 aromatic rings. The van der Waals surface area contributed by atoms with E-state index in [1.807, 2.05) is 5.38 Å². The molecule has 1 rings (SSSR count). The van der Waals surface area contributed by atoms with E-state index in [4.69, 9.17) is 5.11 Å². The van der Waals surface area contributed by atoms with E-state index in [1.165, 1.54) is 0 Å². The van der Waals surface area contributed by atoms with Gasteiger partial charge in [0.1, 0.15) is 0 Å². The first-order valence-corrected chi connectivity index (χ1v) is 8.67. The van der Waals surface area contributed by atoms with Crippen molar-refractivity contribution in [1.82, 2.24) is 4.98 Å². The van der Waals surface area contributed by atoms with Crippen LogP contribution in [0.3, 0.4) is 0 Å². The van der Waals surface area contributed by atoms with E-state index in [-0.39, 0.29) is 6.42 Å². The summed E-state index contributed by atoms with van der Waals surface area (Å²) in [5.41, 5.74) is 0.900. The van der Waals surface area contributed by atoms with Gasteiger partial charge in [-0.1, -0.05) is 27.7 Å². The number of carboxylic acids is 1. The molecule has 0 aliphatic rings. The van der Waals surface area contributed by atoms with E-state index >= 15 is 0 Å². The van der Waals surface area contributed by atoms with Crippen molar-refractivity contribution in [1.29, 1.82) is 0 Å². The number of hydrogen-bond acceptors (Lipinski definition) is 4. The number of carboxylic acid groups (broad SMARTS) is 1. The van der Waals surface area contributed by atoms with Gasteiger partial charge in [-0.2, -0.15) is 0 Å². The minimum atomic E-state index is -0.763. The highest BCUT2D eigenvalue weighted by molar-refractivity contribution is 7.13. The number of anilines is 1. The average Bonchev–Trinajstić information content (AvgIpc) is 2.84. The largest absolute Gasteiger partial charge is 0.481 e. The Kier molecular flexibility index (Phi) is 7.72. The summed E-state index contributed by atoms with van der Waals surface area (Å²) in [5, 5.41) is 11.8. The lowest BCUT2D eigenvalue weighted by Gasteiger charge is -2.23. The van der Waals surface area contributed by atoms with Gasteiger partial charge in [0, 0.05) is 24.9 Å². The molecule has 0 aromatic carbocycles. The Balaban J connectivity index is 2.65. The van der Waals surface area contributed by atoms with E-state index < -0.39 is 5.97 Å². The maximum Gasteiger partial charge on any atom is 0.303 e. The van der Waals surface area contributed by atoms with Crippen LogP contribution in [0.5, 0.6) is 0 Å². The number of thiazole rings is 1. The molecular weight excluding hydrogens is 284 g/mol. The van der Waals surface area contributed by atoms with Crippen LogP contribution in [0, 0.1) is 11.8 Å². The lowest BCUT2D eigenvalue weighted by atomic mass is 10.1. The Morgan fingerprint density at radius 2 is 1.81 bits per heavy atom. The van der Waals surface area contributed by atoms with Crippen LogP contribution in [-0.4, -0.2) is 29.1 Å². The van der Waals surface area contributed by atoms with E-state index in [9.17, 15) is 4.79 Å². The molecule has 0 amide bonds. The summed E-state index contributed by atoms with van der Waals surface area (Å²) in [7, 11) is 0. The van der Waals surface area contributed by atoms with Crippen LogP contribution in [0.25, 0.3) is 0 Å². The second-order valence-electron chi connectivity index (χ2n) is 6.37. The molecule has 4 nitrogen and oxygen atoms in total. The zero-order valence-electron chi connectivity index (χ0n) is 13.6. The smallest absolute Gasteiger partial charge is 0.303 e. The van der Waals surface area contributed by atoms with Crippen LogP contribution in [0.2, 0.25) is 0 Å². The Morgan fingerprint density at radius 1 is 1.24 bits per heavy atom. The van der Waals surface area contributed by atoms with E-state index in [0.29, 0.717) is 18.3 Å². The number of carbonyl (C=O) groups is 1. The zero-order chi connectivity index (χ0) is 15.8. The molecular formula is C16H28N2O2S. The standard InChI is InChI=1S/C16H28N2O2S/c1-12(2)7-9-18(10-8-13(3)4)16-17-14(11-21-16)5-6-15(19)20/h11-13H,5-10H2,1-4H3,(H,19,20). The quantitative estimate of drug-likeness (QED) is 0.708. The first kappa shape index (κ1) is 18.0. The molecule has 0 radical (unpaired) electrons. The molecule has 0 saturated heterocycles. The number of nitrogens with zero attached hydrogens (tertiary/aromatic N) is 2. The number of rotatable bonds is 10. The number of aliphatic carboxylic acids is 1. The summed E-state index contributed by atoms with van der Waals surface area (Å²) >= 11 is 1.63. The lowest BCUT2D eigenvalue weighted by Crippen LogP contribution is -2.27. The Bertz CT molecular complexity index is 418. The summed E-state index contributed by atoms with van der Waals surface area (Å²) in [6.07, 6.45) is 2.99. The van der Waals surface area contributed by atoms with Crippen LogP contribution >= 0.6 is 11.3 Å². The predicted molar refractivity (Wildman–Crippen MR) is 89.2 cm³/mol. The van der Waals surface area contributed by atoms with Gasteiger partial charge < -0.3 is 10.0 Å². The molecule has 0 unspecified atom stereocenters. The topological polar surface area (TPSA) is 53.4 Å². The summed E-state index contributed by atoms with van der Waals surface area (Å²) < 4.78 is 0. The van der Waals surface area contributed by atoms with Crippen molar-refractivity contribution >= 4 is 22.4 Å². The van der Waals surface area contributed by atoms with Gasteiger partial charge in [-0.05, 0) is 24.7 Å². The Morgan fingerprint density at radius 3 is 2.29 bits per heavy atom. The van der Waals surface area contributed by atoms with Crippen LogP contribution in [-0.2, 0) is 11.2 Å². The van der Waals surface area contributed by atoms with Crippen molar-refractivity contribution in [3.8, 4) is 0 Å². The molecule has 0 saturated carbocycles. The van der Waals surface area contributed by atoms with Gasteiger partial charge in [-0.3, -0.25) is 4.79 Å². The molecule has 120 valence electrons. The van der Waals surface area contributed by atoms with Crippen LogP contribution < -0.4 is 4.90 Å². The number of aromatic nitrogens is 1. The number of hydrogen-bond donors (Lipinski definition) is 1. The van der Waals surface area contributed by atoms with Crippen LogP contribution in [0.4, 0.5) is 5.13 Å². The monoisotopic (exact) mass is 312 g/mol. The molecule has 0 spiro atoms. The molecule has 21 heavy (non-hydrogen) atoms. The average molecular weight is 312 g/mol. The summed E-state index contributed by atoms with van der Waals surface area (Å²) in [6, 6.07) is 0. The summed E-state index contributed by atoms with van der Waals surface area (Å²) in [4.78, 5) is 17.6. The first-order chi connectivity index (χ1) is 9.88. The van der Waals surface area contributed by atoms with Gasteiger partial charge >= 0.3 is 5.97 Å². The summed E-state index contributed by atoms with van der Waals surface area (Å²) in [6.45, 7) is 11.0. The summed E-state index contributed by atoms with van der Waals surface area (Å²) in [5.74, 6) is 0.594. The highest BCUT2D eigenvalue weighted by Gasteiger charge is 2.13. The van der Waals surface area contributed by atoms with Gasteiger partial charge in [-0.25, -0.2) is 4.98 Å².